The summed E-state index contributed by atoms with van der Waals surface area (Å²) in [6.45, 7) is 0. The Balaban J connectivity index is 2.41. The second-order valence-electron chi connectivity index (χ2n) is 3.48. The first-order chi connectivity index (χ1) is 5.61. The molecular weight excluding hydrogens is 174 g/mol. The van der Waals surface area contributed by atoms with Crippen molar-refractivity contribution in [2.45, 2.75) is 18.1 Å². The van der Waals surface area contributed by atoms with Crippen molar-refractivity contribution in [3.8, 4) is 6.07 Å². The Hall–Kier alpha value is -0.820. The van der Waals surface area contributed by atoms with Crippen molar-refractivity contribution in [2.24, 2.45) is 5.41 Å². The lowest BCUT2D eigenvalue weighted by molar-refractivity contribution is 0.347. The number of fused-ring (bicyclic) bond motifs is 1. The molecule has 0 N–H and O–H groups in total. The Morgan fingerprint density at radius 1 is 1.50 bits per heavy atom. The van der Waals surface area contributed by atoms with Crippen LogP contribution in [0.5, 0.6) is 0 Å². The molecule has 0 bridgehead atoms. The first-order valence-corrected chi connectivity index (χ1v) is 5.60. The van der Waals surface area contributed by atoms with Crippen molar-refractivity contribution >= 4 is 9.84 Å². The van der Waals surface area contributed by atoms with Crippen LogP contribution in [0.25, 0.3) is 0 Å². The van der Waals surface area contributed by atoms with Crippen LogP contribution in [0.15, 0.2) is 12.2 Å². The minimum atomic E-state index is -2.93. The van der Waals surface area contributed by atoms with Crippen LogP contribution in [0.2, 0.25) is 0 Å². The summed E-state index contributed by atoms with van der Waals surface area (Å²) in [5.74, 6) is 0.0610. The molecule has 64 valence electrons. The summed E-state index contributed by atoms with van der Waals surface area (Å²) in [7, 11) is -2.93. The average molecular weight is 183 g/mol. The number of nitriles is 1. The van der Waals surface area contributed by atoms with Crippen LogP contribution in [0.4, 0.5) is 0 Å². The fraction of sp³-hybridized carbons (Fsp3) is 0.625. The molecular formula is C8H9NO2S. The molecule has 0 aromatic rings. The lowest BCUT2D eigenvalue weighted by Gasteiger charge is -2.44. The van der Waals surface area contributed by atoms with Gasteiger partial charge in [0.2, 0.25) is 0 Å². The Labute approximate surface area is 71.6 Å². The molecule has 0 radical (unpaired) electrons. The summed E-state index contributed by atoms with van der Waals surface area (Å²) < 4.78 is 22.5. The van der Waals surface area contributed by atoms with Crippen molar-refractivity contribution < 1.29 is 8.42 Å². The van der Waals surface area contributed by atoms with E-state index in [0.29, 0.717) is 12.8 Å². The number of sulfone groups is 1. The molecule has 12 heavy (non-hydrogen) atoms. The second kappa shape index (κ2) is 2.11. The largest absolute Gasteiger partial charge is 0.228 e. The first kappa shape index (κ1) is 7.81. The minimum absolute atomic E-state index is 0.0610. The minimum Gasteiger partial charge on any atom is -0.228 e. The number of hydrogen-bond acceptors (Lipinski definition) is 3. The SMILES string of the molecule is N#CC12CC=CCC1S(=O)(=O)C2. The van der Waals surface area contributed by atoms with E-state index in [9.17, 15) is 8.42 Å². The van der Waals surface area contributed by atoms with Crippen molar-refractivity contribution in [3.05, 3.63) is 12.2 Å². The monoisotopic (exact) mass is 183 g/mol. The predicted octanol–water partition coefficient (Wildman–Crippen LogP) is 0.643. The molecule has 0 aromatic heterocycles. The highest BCUT2D eigenvalue weighted by Gasteiger charge is 2.58. The van der Waals surface area contributed by atoms with Gasteiger partial charge in [-0.3, -0.25) is 0 Å². The summed E-state index contributed by atoms with van der Waals surface area (Å²) >= 11 is 0. The molecule has 1 saturated heterocycles. The molecule has 1 fully saturated rings. The molecule has 0 amide bonds. The van der Waals surface area contributed by atoms with Crippen molar-refractivity contribution in [3.63, 3.8) is 0 Å². The normalized spacial score (nSPS) is 42.4. The smallest absolute Gasteiger partial charge is 0.156 e. The van der Waals surface area contributed by atoms with Gasteiger partial charge in [-0.05, 0) is 12.8 Å². The van der Waals surface area contributed by atoms with Crippen LogP contribution >= 0.6 is 0 Å². The molecule has 0 spiro atoms. The third-order valence-corrected chi connectivity index (χ3v) is 5.16. The topological polar surface area (TPSA) is 57.9 Å². The molecule has 2 rings (SSSR count). The zero-order valence-corrected chi connectivity index (χ0v) is 7.34. The van der Waals surface area contributed by atoms with Gasteiger partial charge >= 0.3 is 0 Å². The highest BCUT2D eigenvalue weighted by Crippen LogP contribution is 2.47. The van der Waals surface area contributed by atoms with Crippen LogP contribution < -0.4 is 0 Å². The van der Waals surface area contributed by atoms with Gasteiger partial charge in [0, 0.05) is 0 Å². The van der Waals surface area contributed by atoms with Crippen LogP contribution in [0, 0.1) is 16.7 Å². The number of allylic oxidation sites excluding steroid dienone is 2. The van der Waals surface area contributed by atoms with Gasteiger partial charge < -0.3 is 0 Å². The van der Waals surface area contributed by atoms with Gasteiger partial charge in [0.15, 0.2) is 9.84 Å². The summed E-state index contributed by atoms with van der Waals surface area (Å²) in [6, 6.07) is 2.14. The third kappa shape index (κ3) is 0.774. The van der Waals surface area contributed by atoms with E-state index in [-0.39, 0.29) is 5.75 Å². The van der Waals surface area contributed by atoms with Crippen molar-refractivity contribution in [2.75, 3.05) is 5.75 Å². The van der Waals surface area contributed by atoms with Gasteiger partial charge in [-0.1, -0.05) is 12.2 Å². The van der Waals surface area contributed by atoms with Crippen LogP contribution in [0.1, 0.15) is 12.8 Å². The number of rotatable bonds is 0. The molecule has 2 aliphatic rings. The molecule has 2 unspecified atom stereocenters. The fourth-order valence-corrected chi connectivity index (χ4v) is 4.35. The highest BCUT2D eigenvalue weighted by atomic mass is 32.2. The van der Waals surface area contributed by atoms with E-state index >= 15 is 0 Å². The Bertz CT molecular complexity index is 376. The van der Waals surface area contributed by atoms with E-state index in [1.54, 1.807) is 0 Å². The highest BCUT2D eigenvalue weighted by molar-refractivity contribution is 7.93. The quantitative estimate of drug-likeness (QED) is 0.518. The summed E-state index contributed by atoms with van der Waals surface area (Å²) in [6.07, 6.45) is 4.90. The molecule has 0 aromatic carbocycles. The Morgan fingerprint density at radius 3 is 2.75 bits per heavy atom. The van der Waals surface area contributed by atoms with Gasteiger partial charge in [0.05, 0.1) is 22.5 Å². The predicted molar refractivity (Wildman–Crippen MR) is 44.0 cm³/mol. The van der Waals surface area contributed by atoms with E-state index in [4.69, 9.17) is 5.26 Å². The maximum atomic E-state index is 11.2. The summed E-state index contributed by atoms with van der Waals surface area (Å²) in [5, 5.41) is 8.44. The van der Waals surface area contributed by atoms with Gasteiger partial charge in [-0.25, -0.2) is 8.42 Å². The van der Waals surface area contributed by atoms with Crippen LogP contribution in [-0.2, 0) is 9.84 Å². The van der Waals surface area contributed by atoms with E-state index in [1.807, 2.05) is 12.2 Å². The fourth-order valence-electron chi connectivity index (χ4n) is 2.02. The molecule has 4 heteroatoms. The number of nitrogens with zero attached hydrogens (tertiary/aromatic N) is 1. The van der Waals surface area contributed by atoms with E-state index in [2.05, 4.69) is 6.07 Å². The van der Waals surface area contributed by atoms with E-state index in [0.717, 1.165) is 0 Å². The van der Waals surface area contributed by atoms with E-state index < -0.39 is 20.5 Å². The molecule has 2 atom stereocenters. The molecule has 3 nitrogen and oxygen atoms in total. The first-order valence-electron chi connectivity index (χ1n) is 3.89. The van der Waals surface area contributed by atoms with Crippen LogP contribution in [0.3, 0.4) is 0 Å². The molecule has 1 heterocycles. The second-order valence-corrected chi connectivity index (χ2v) is 5.66. The maximum Gasteiger partial charge on any atom is 0.156 e. The van der Waals surface area contributed by atoms with Crippen LogP contribution in [-0.4, -0.2) is 19.4 Å². The van der Waals surface area contributed by atoms with Crippen molar-refractivity contribution in [1.82, 2.24) is 0 Å². The maximum absolute atomic E-state index is 11.2. The van der Waals surface area contributed by atoms with Crippen molar-refractivity contribution in [1.29, 1.82) is 5.26 Å². The lowest BCUT2D eigenvalue weighted by atomic mass is 9.78. The van der Waals surface area contributed by atoms with Gasteiger partial charge in [-0.2, -0.15) is 5.26 Å². The Morgan fingerprint density at radius 2 is 2.25 bits per heavy atom. The zero-order valence-electron chi connectivity index (χ0n) is 6.53. The number of hydrogen-bond donors (Lipinski definition) is 0. The molecule has 1 aliphatic heterocycles. The zero-order chi connectivity index (χ0) is 8.82. The summed E-state index contributed by atoms with van der Waals surface area (Å²) in [5.41, 5.74) is -0.576. The van der Waals surface area contributed by atoms with E-state index in [1.165, 1.54) is 0 Å². The van der Waals surface area contributed by atoms with Gasteiger partial charge in [-0.15, -0.1) is 0 Å². The standard InChI is InChI=1S/C8H9NO2S/c9-5-8-4-2-1-3-7(8)12(10,11)6-8/h1-2,7H,3-4,6H2. The third-order valence-electron chi connectivity index (χ3n) is 2.73. The Kier molecular flexibility index (Phi) is 1.37. The van der Waals surface area contributed by atoms with Gasteiger partial charge in [0.1, 0.15) is 0 Å². The molecule has 0 saturated carbocycles. The lowest BCUT2D eigenvalue weighted by Crippen LogP contribution is -2.57. The average Bonchev–Trinajstić information content (AvgIpc) is 2.02. The summed E-state index contributed by atoms with van der Waals surface area (Å²) in [4.78, 5) is 0. The van der Waals surface area contributed by atoms with Gasteiger partial charge in [0.25, 0.3) is 0 Å². The molecule has 1 aliphatic carbocycles.